The minimum Gasteiger partial charge on any atom is -0.465 e. The van der Waals surface area contributed by atoms with Crippen molar-refractivity contribution in [2.75, 3.05) is 38.7 Å². The molecular weight excluding hydrogens is 776 g/mol. The van der Waals surface area contributed by atoms with Crippen LogP contribution in [-0.4, -0.2) is 96.4 Å². The number of nitrogens with zero attached hydrogens (tertiary/aromatic N) is 4. The van der Waals surface area contributed by atoms with E-state index >= 15 is 0 Å². The summed E-state index contributed by atoms with van der Waals surface area (Å²) in [7, 11) is 0.311. The Morgan fingerprint density at radius 2 is 1.83 bits per heavy atom. The molecule has 2 N–H and O–H groups in total. The second-order valence-electron chi connectivity index (χ2n) is 16.1. The quantitative estimate of drug-likeness (QED) is 0.105. The Morgan fingerprint density at radius 1 is 1.05 bits per heavy atom. The maximum absolute atomic E-state index is 14.3. The van der Waals surface area contributed by atoms with Crippen molar-refractivity contribution in [3.05, 3.63) is 89.1 Å². The number of hydrogen-bond acceptors (Lipinski definition) is 10. The second-order valence-corrected chi connectivity index (χ2v) is 19.3. The molecule has 308 valence electrons. The lowest BCUT2D eigenvalue weighted by molar-refractivity contribution is -0.148. The number of fused-ring (bicyclic) bond motifs is 2. The van der Waals surface area contributed by atoms with Crippen molar-refractivity contribution in [2.24, 2.45) is 5.92 Å². The minimum absolute atomic E-state index is 0.0232. The molecule has 15 heteroatoms. The molecule has 7 rings (SSSR count). The Balaban J connectivity index is 1.03. The van der Waals surface area contributed by atoms with E-state index in [4.69, 9.17) is 9.26 Å². The number of esters is 1. The van der Waals surface area contributed by atoms with Crippen LogP contribution in [0.1, 0.15) is 79.6 Å². The van der Waals surface area contributed by atoms with Crippen molar-refractivity contribution in [2.45, 2.75) is 89.1 Å². The number of hydrogen-bond donors (Lipinski definition) is 2. The smallest absolute Gasteiger partial charge is 0.323 e. The molecule has 5 heterocycles. The van der Waals surface area contributed by atoms with Gasteiger partial charge in [-0.3, -0.25) is 28.7 Å². The summed E-state index contributed by atoms with van der Waals surface area (Å²) < 4.78 is 26.5. The van der Waals surface area contributed by atoms with E-state index in [2.05, 4.69) is 27.2 Å². The van der Waals surface area contributed by atoms with Gasteiger partial charge in [-0.2, -0.15) is 0 Å². The van der Waals surface area contributed by atoms with Gasteiger partial charge in [0.25, 0.3) is 5.91 Å². The predicted molar refractivity (Wildman–Crippen MR) is 225 cm³/mol. The zero-order chi connectivity index (χ0) is 41.1. The second kappa shape index (κ2) is 17.6. The highest BCUT2D eigenvalue weighted by atomic mass is 32.1. The lowest BCUT2D eigenvalue weighted by atomic mass is 9.90. The number of nitrogens with one attached hydrogen (secondary N) is 2. The van der Waals surface area contributed by atoms with Crippen LogP contribution in [0.25, 0.3) is 10.1 Å². The largest absolute Gasteiger partial charge is 0.465 e. The maximum Gasteiger partial charge on any atom is 0.323 e. The summed E-state index contributed by atoms with van der Waals surface area (Å²) in [6.45, 7) is 7.03. The lowest BCUT2D eigenvalue weighted by Crippen LogP contribution is -2.58. The van der Waals surface area contributed by atoms with Crippen molar-refractivity contribution >= 4 is 58.3 Å². The van der Waals surface area contributed by atoms with Crippen LogP contribution in [0.2, 0.25) is 0 Å². The number of amides is 3. The van der Waals surface area contributed by atoms with Gasteiger partial charge in [0.2, 0.25) is 11.8 Å². The van der Waals surface area contributed by atoms with Gasteiger partial charge in [0.1, 0.15) is 23.9 Å². The summed E-state index contributed by atoms with van der Waals surface area (Å²) in [6, 6.07) is 15.9. The summed E-state index contributed by atoms with van der Waals surface area (Å²) in [5.41, 5.74) is 2.89. The van der Waals surface area contributed by atoms with Crippen LogP contribution in [0, 0.1) is 5.92 Å². The standard InChI is InChI=1S/C43H53N6O7PS/c1-6-18-55-43(53)28(3)46-57(54,56-33-10-8-7-9-11-33)26-29-12-15-38-30(21-29)22-39(58-38)40(50)45-35-20-27(2)19-32-13-14-37(49(32)41(35)51)42(52)48-24-31(25-48)34-23-44-17-16-36(34)47(4)5/h7-12,15-17,21-23,27-28,31-32,35,37H,6,13-14,18-20,24-26H2,1-5H3,(H,45,50)(H,46,54)/t27-,28-,32+,35-,37-,57?/m0/s1. The highest BCUT2D eigenvalue weighted by Gasteiger charge is 2.49. The van der Waals surface area contributed by atoms with Gasteiger partial charge in [0.05, 0.1) is 17.6 Å². The number of aromatic nitrogens is 1. The van der Waals surface area contributed by atoms with Crippen LogP contribution >= 0.6 is 18.9 Å². The molecule has 4 aromatic rings. The van der Waals surface area contributed by atoms with Crippen LogP contribution in [0.4, 0.5) is 5.69 Å². The van der Waals surface area contributed by atoms with Crippen LogP contribution in [0.15, 0.2) is 73.1 Å². The van der Waals surface area contributed by atoms with Crippen molar-refractivity contribution in [3.8, 4) is 5.75 Å². The van der Waals surface area contributed by atoms with E-state index in [0.717, 1.165) is 34.2 Å². The Morgan fingerprint density at radius 3 is 2.57 bits per heavy atom. The third kappa shape index (κ3) is 9.09. The lowest BCUT2D eigenvalue weighted by Gasteiger charge is -2.43. The molecule has 0 spiro atoms. The SMILES string of the molecule is CCCOC(=O)[C@H](C)NP(=O)(Cc1ccc2sc(C(=O)N[C@H]3C[C@@H](C)C[C@H]4CC[C@@H](C(=O)N5CC(c6cnccc6N(C)C)C5)N4C3=O)cc2c1)Oc1ccccc1. The summed E-state index contributed by atoms with van der Waals surface area (Å²) in [6.07, 6.45) is 6.94. The van der Waals surface area contributed by atoms with Crippen LogP contribution in [-0.2, 0) is 29.8 Å². The molecule has 0 radical (unpaired) electrons. The number of carbonyl (C=O) groups is 4. The fourth-order valence-electron chi connectivity index (χ4n) is 8.45. The Labute approximate surface area is 344 Å². The average molecular weight is 829 g/mol. The monoisotopic (exact) mass is 828 g/mol. The molecular formula is C43H53N6O7PS. The number of likely N-dealkylation sites (tertiary alicyclic amines) is 1. The first kappa shape index (κ1) is 41.4. The molecule has 0 saturated carbocycles. The molecule has 58 heavy (non-hydrogen) atoms. The number of ether oxygens (including phenoxy) is 1. The third-order valence-corrected chi connectivity index (χ3v) is 14.5. The van der Waals surface area contributed by atoms with Crippen LogP contribution in [0.5, 0.6) is 5.75 Å². The van der Waals surface area contributed by atoms with Crippen LogP contribution in [0.3, 0.4) is 0 Å². The van der Waals surface area contributed by atoms with Gasteiger partial charge in [0, 0.05) is 67.5 Å². The van der Waals surface area contributed by atoms with E-state index in [-0.39, 0.29) is 48.4 Å². The van der Waals surface area contributed by atoms with Gasteiger partial charge >= 0.3 is 13.5 Å². The molecule has 1 unspecified atom stereocenters. The number of para-hydroxylation sites is 1. The fraction of sp³-hybridized carbons (Fsp3) is 0.465. The molecule has 0 aliphatic carbocycles. The molecule has 6 atom stereocenters. The molecule has 13 nitrogen and oxygen atoms in total. The Bertz CT molecular complexity index is 2190. The zero-order valence-corrected chi connectivity index (χ0v) is 35.5. The van der Waals surface area contributed by atoms with Crippen LogP contribution < -0.4 is 19.8 Å². The molecule has 2 aromatic heterocycles. The van der Waals surface area contributed by atoms with Gasteiger partial charge < -0.3 is 29.3 Å². The van der Waals surface area contributed by atoms with Crippen molar-refractivity contribution < 1.29 is 33.0 Å². The number of carbonyl (C=O) groups excluding carboxylic acids is 4. The van der Waals surface area contributed by atoms with Crippen molar-refractivity contribution in [3.63, 3.8) is 0 Å². The summed E-state index contributed by atoms with van der Waals surface area (Å²) in [5.74, 6) is -0.341. The fourth-order valence-corrected chi connectivity index (χ4v) is 11.4. The zero-order valence-electron chi connectivity index (χ0n) is 33.8. The van der Waals surface area contributed by atoms with Crippen molar-refractivity contribution in [1.82, 2.24) is 25.2 Å². The first-order chi connectivity index (χ1) is 27.8. The molecule has 3 fully saturated rings. The third-order valence-electron chi connectivity index (χ3n) is 11.3. The molecule has 3 aliphatic rings. The molecule has 3 amide bonds. The number of anilines is 1. The van der Waals surface area contributed by atoms with Gasteiger partial charge in [-0.25, -0.2) is 5.09 Å². The van der Waals surface area contributed by atoms with E-state index in [1.807, 2.05) is 62.4 Å². The molecule has 2 aromatic carbocycles. The highest BCUT2D eigenvalue weighted by molar-refractivity contribution is 7.56. The van der Waals surface area contributed by atoms with Gasteiger partial charge in [-0.05, 0) is 92.3 Å². The first-order valence-corrected chi connectivity index (χ1v) is 22.8. The van der Waals surface area contributed by atoms with Gasteiger partial charge in [0.15, 0.2) is 0 Å². The number of rotatable bonds is 14. The van der Waals surface area contributed by atoms with E-state index in [9.17, 15) is 23.7 Å². The number of thiophene rings is 1. The summed E-state index contributed by atoms with van der Waals surface area (Å²) in [4.78, 5) is 65.2. The predicted octanol–water partition coefficient (Wildman–Crippen LogP) is 6.58. The first-order valence-electron chi connectivity index (χ1n) is 20.2. The van der Waals surface area contributed by atoms with E-state index in [0.29, 0.717) is 48.5 Å². The van der Waals surface area contributed by atoms with E-state index in [1.54, 1.807) is 48.4 Å². The van der Waals surface area contributed by atoms with E-state index in [1.165, 1.54) is 11.3 Å². The number of benzene rings is 2. The van der Waals surface area contributed by atoms with E-state index < -0.39 is 31.6 Å². The van der Waals surface area contributed by atoms with Crippen molar-refractivity contribution in [1.29, 1.82) is 0 Å². The summed E-state index contributed by atoms with van der Waals surface area (Å²) >= 11 is 1.31. The minimum atomic E-state index is -3.69. The average Bonchev–Trinajstić information content (AvgIpc) is 3.77. The Kier molecular flexibility index (Phi) is 12.6. The Hall–Kier alpha value is -4.78. The molecule has 3 saturated heterocycles. The summed E-state index contributed by atoms with van der Waals surface area (Å²) in [5, 5.41) is 6.73. The van der Waals surface area contributed by atoms with Gasteiger partial charge in [-0.15, -0.1) is 11.3 Å². The van der Waals surface area contributed by atoms with Gasteiger partial charge in [-0.1, -0.05) is 38.1 Å². The maximum atomic E-state index is 14.3. The topological polar surface area (TPSA) is 150 Å². The normalized spacial score (nSPS) is 22.3. The molecule has 0 bridgehead atoms. The highest BCUT2D eigenvalue weighted by Crippen LogP contribution is 2.48. The molecule has 3 aliphatic heterocycles. The number of pyridine rings is 1.